The van der Waals surface area contributed by atoms with Crippen molar-refractivity contribution in [3.8, 4) is 0 Å². The molecule has 2 nitrogen and oxygen atoms in total. The van der Waals surface area contributed by atoms with Crippen molar-refractivity contribution in [2.45, 2.75) is 12.5 Å². The van der Waals surface area contributed by atoms with Crippen molar-refractivity contribution >= 4 is 11.6 Å². The Hall–Kier alpha value is -1.52. The van der Waals surface area contributed by atoms with Gasteiger partial charge in [-0.25, -0.2) is 8.78 Å². The Labute approximate surface area is 108 Å². The van der Waals surface area contributed by atoms with E-state index in [1.165, 1.54) is 0 Å². The number of hydrogen-bond acceptors (Lipinski definition) is 2. The molecule has 0 saturated carbocycles. The molecule has 94 valence electrons. The van der Waals surface area contributed by atoms with Gasteiger partial charge in [0.25, 0.3) is 0 Å². The van der Waals surface area contributed by atoms with Gasteiger partial charge in [-0.2, -0.15) is 0 Å². The quantitative estimate of drug-likeness (QED) is 0.868. The SMILES string of the molecule is NC(Cc1ccccn1)c1cc(F)c(Cl)cc1F. The number of halogens is 3. The number of nitrogens with two attached hydrogens (primary N) is 1. The predicted molar refractivity (Wildman–Crippen MR) is 66.2 cm³/mol. The molecule has 0 spiro atoms. The van der Waals surface area contributed by atoms with Crippen LogP contribution in [-0.4, -0.2) is 4.98 Å². The van der Waals surface area contributed by atoms with Crippen LogP contribution in [0.3, 0.4) is 0 Å². The number of aromatic nitrogens is 1. The minimum Gasteiger partial charge on any atom is -0.324 e. The van der Waals surface area contributed by atoms with Crippen LogP contribution in [0.5, 0.6) is 0 Å². The van der Waals surface area contributed by atoms with Gasteiger partial charge < -0.3 is 5.73 Å². The second kappa shape index (κ2) is 5.42. The third-order valence-corrected chi connectivity index (χ3v) is 2.88. The van der Waals surface area contributed by atoms with Crippen LogP contribution in [0.2, 0.25) is 5.02 Å². The number of pyridine rings is 1. The molecular formula is C13H11ClF2N2. The minimum atomic E-state index is -0.676. The molecule has 0 saturated heterocycles. The van der Waals surface area contributed by atoms with Gasteiger partial charge in [-0.3, -0.25) is 4.98 Å². The first-order valence-corrected chi connectivity index (χ1v) is 5.75. The van der Waals surface area contributed by atoms with E-state index in [-0.39, 0.29) is 10.6 Å². The summed E-state index contributed by atoms with van der Waals surface area (Å²) in [6, 6.07) is 6.68. The fraction of sp³-hybridized carbons (Fsp3) is 0.154. The maximum absolute atomic E-state index is 13.6. The van der Waals surface area contributed by atoms with Gasteiger partial charge in [0, 0.05) is 29.9 Å². The number of benzene rings is 1. The molecule has 2 aromatic rings. The summed E-state index contributed by atoms with van der Waals surface area (Å²) in [6.07, 6.45) is 1.96. The van der Waals surface area contributed by atoms with Crippen molar-refractivity contribution in [3.63, 3.8) is 0 Å². The van der Waals surface area contributed by atoms with Crippen LogP contribution in [0, 0.1) is 11.6 Å². The molecule has 18 heavy (non-hydrogen) atoms. The number of nitrogens with zero attached hydrogens (tertiary/aromatic N) is 1. The maximum atomic E-state index is 13.6. The smallest absolute Gasteiger partial charge is 0.142 e. The summed E-state index contributed by atoms with van der Waals surface area (Å²) in [5.41, 5.74) is 6.68. The van der Waals surface area contributed by atoms with Gasteiger partial charge >= 0.3 is 0 Å². The van der Waals surface area contributed by atoms with Crippen LogP contribution in [0.25, 0.3) is 0 Å². The van der Waals surface area contributed by atoms with Crippen molar-refractivity contribution in [1.82, 2.24) is 4.98 Å². The molecule has 1 heterocycles. The lowest BCUT2D eigenvalue weighted by molar-refractivity contribution is 0.559. The highest BCUT2D eigenvalue weighted by Gasteiger charge is 2.15. The summed E-state index contributed by atoms with van der Waals surface area (Å²) >= 11 is 5.48. The Morgan fingerprint density at radius 2 is 2.00 bits per heavy atom. The van der Waals surface area contributed by atoms with Crippen LogP contribution in [-0.2, 0) is 6.42 Å². The summed E-state index contributed by atoms with van der Waals surface area (Å²) < 4.78 is 26.9. The normalized spacial score (nSPS) is 12.4. The molecule has 2 N–H and O–H groups in total. The fourth-order valence-corrected chi connectivity index (χ4v) is 1.83. The predicted octanol–water partition coefficient (Wildman–Crippen LogP) is 3.26. The zero-order valence-electron chi connectivity index (χ0n) is 9.41. The highest BCUT2D eigenvalue weighted by atomic mass is 35.5. The largest absolute Gasteiger partial charge is 0.324 e. The van der Waals surface area contributed by atoms with E-state index in [1.54, 1.807) is 18.3 Å². The Balaban J connectivity index is 2.24. The van der Waals surface area contributed by atoms with E-state index >= 15 is 0 Å². The van der Waals surface area contributed by atoms with E-state index in [0.717, 1.165) is 17.8 Å². The van der Waals surface area contributed by atoms with E-state index in [9.17, 15) is 8.78 Å². The van der Waals surface area contributed by atoms with Crippen LogP contribution in [0.1, 0.15) is 17.3 Å². The van der Waals surface area contributed by atoms with Gasteiger partial charge in [-0.05, 0) is 24.3 Å². The first kappa shape index (κ1) is 12.9. The summed E-state index contributed by atoms with van der Waals surface area (Å²) in [4.78, 5) is 4.09. The van der Waals surface area contributed by atoms with Crippen LogP contribution in [0.15, 0.2) is 36.5 Å². The van der Waals surface area contributed by atoms with E-state index in [0.29, 0.717) is 6.42 Å². The van der Waals surface area contributed by atoms with Crippen molar-refractivity contribution in [2.24, 2.45) is 5.73 Å². The van der Waals surface area contributed by atoms with Gasteiger partial charge in [0.1, 0.15) is 11.6 Å². The fourth-order valence-electron chi connectivity index (χ4n) is 1.68. The molecule has 1 unspecified atom stereocenters. The van der Waals surface area contributed by atoms with Crippen LogP contribution >= 0.6 is 11.6 Å². The zero-order chi connectivity index (χ0) is 13.1. The monoisotopic (exact) mass is 268 g/mol. The van der Waals surface area contributed by atoms with E-state index < -0.39 is 17.7 Å². The maximum Gasteiger partial charge on any atom is 0.142 e. The molecule has 0 aliphatic heterocycles. The Morgan fingerprint density at radius 1 is 1.22 bits per heavy atom. The molecule has 0 amide bonds. The highest BCUT2D eigenvalue weighted by molar-refractivity contribution is 6.30. The second-order valence-electron chi connectivity index (χ2n) is 3.92. The molecule has 0 fully saturated rings. The molecule has 1 atom stereocenters. The first-order chi connectivity index (χ1) is 8.58. The lowest BCUT2D eigenvalue weighted by atomic mass is 10.0. The lowest BCUT2D eigenvalue weighted by Crippen LogP contribution is -2.16. The number of hydrogen-bond donors (Lipinski definition) is 1. The third kappa shape index (κ3) is 2.83. The van der Waals surface area contributed by atoms with Gasteiger partial charge in [-0.1, -0.05) is 17.7 Å². The Kier molecular flexibility index (Phi) is 3.89. The topological polar surface area (TPSA) is 38.9 Å². The second-order valence-corrected chi connectivity index (χ2v) is 4.33. The van der Waals surface area contributed by atoms with E-state index in [2.05, 4.69) is 4.98 Å². The lowest BCUT2D eigenvalue weighted by Gasteiger charge is -2.13. The van der Waals surface area contributed by atoms with Gasteiger partial charge in [0.05, 0.1) is 5.02 Å². The van der Waals surface area contributed by atoms with Crippen LogP contribution in [0.4, 0.5) is 8.78 Å². The van der Waals surface area contributed by atoms with E-state index in [1.807, 2.05) is 6.07 Å². The average Bonchev–Trinajstić information content (AvgIpc) is 2.35. The van der Waals surface area contributed by atoms with Crippen molar-refractivity contribution in [3.05, 3.63) is 64.4 Å². The molecule has 0 aliphatic carbocycles. The summed E-state index contributed by atoms with van der Waals surface area (Å²) in [6.45, 7) is 0. The minimum absolute atomic E-state index is 0.0996. The molecule has 2 rings (SSSR count). The van der Waals surface area contributed by atoms with Crippen molar-refractivity contribution < 1.29 is 8.78 Å². The summed E-state index contributed by atoms with van der Waals surface area (Å²) in [5.74, 6) is -1.28. The average molecular weight is 269 g/mol. The molecule has 1 aromatic heterocycles. The molecule has 0 bridgehead atoms. The molecule has 1 aromatic carbocycles. The first-order valence-electron chi connectivity index (χ1n) is 5.38. The molecule has 0 aliphatic rings. The highest BCUT2D eigenvalue weighted by Crippen LogP contribution is 2.24. The standard InChI is InChI=1S/C13H11ClF2N2/c14-10-7-11(15)9(6-12(10)16)13(17)5-8-3-1-2-4-18-8/h1-4,6-7,13H,5,17H2. The zero-order valence-corrected chi connectivity index (χ0v) is 10.2. The summed E-state index contributed by atoms with van der Waals surface area (Å²) in [7, 11) is 0. The van der Waals surface area contributed by atoms with Crippen molar-refractivity contribution in [1.29, 1.82) is 0 Å². The van der Waals surface area contributed by atoms with Crippen molar-refractivity contribution in [2.75, 3.05) is 0 Å². The Morgan fingerprint density at radius 3 is 2.67 bits per heavy atom. The Bertz CT molecular complexity index is 546. The van der Waals surface area contributed by atoms with Crippen LogP contribution < -0.4 is 5.73 Å². The van der Waals surface area contributed by atoms with E-state index in [4.69, 9.17) is 17.3 Å². The number of rotatable bonds is 3. The molecular weight excluding hydrogens is 258 g/mol. The molecule has 5 heteroatoms. The summed E-state index contributed by atoms with van der Waals surface area (Å²) in [5, 5.41) is -0.249. The third-order valence-electron chi connectivity index (χ3n) is 2.59. The van der Waals surface area contributed by atoms with Gasteiger partial charge in [0.2, 0.25) is 0 Å². The van der Waals surface area contributed by atoms with Gasteiger partial charge in [-0.15, -0.1) is 0 Å². The molecule has 0 radical (unpaired) electrons. The van der Waals surface area contributed by atoms with Gasteiger partial charge in [0.15, 0.2) is 0 Å².